The van der Waals surface area contributed by atoms with Crippen molar-refractivity contribution in [1.82, 2.24) is 14.9 Å². The van der Waals surface area contributed by atoms with Crippen LogP contribution >= 0.6 is 22.9 Å². The number of nitrogens with one attached hydrogen (secondary N) is 1. The molecule has 150 valence electrons. The highest BCUT2D eigenvalue weighted by Crippen LogP contribution is 2.27. The van der Waals surface area contributed by atoms with Crippen LogP contribution in [0.4, 0.5) is 5.13 Å². The molecule has 0 spiro atoms. The largest absolute Gasteiger partial charge is 0.473 e. The molecule has 0 saturated carbocycles. The third kappa shape index (κ3) is 4.78. The van der Waals surface area contributed by atoms with Crippen molar-refractivity contribution in [3.63, 3.8) is 0 Å². The molecule has 1 aliphatic heterocycles. The smallest absolute Gasteiger partial charge is 0.265 e. The van der Waals surface area contributed by atoms with Gasteiger partial charge in [0.05, 0.1) is 24.5 Å². The zero-order valence-electron chi connectivity index (χ0n) is 15.8. The van der Waals surface area contributed by atoms with Crippen molar-refractivity contribution in [2.24, 2.45) is 0 Å². The zero-order valence-corrected chi connectivity index (χ0v) is 17.4. The maximum atomic E-state index is 12.5. The summed E-state index contributed by atoms with van der Waals surface area (Å²) in [7, 11) is 3.33. The molecule has 0 bridgehead atoms. The van der Waals surface area contributed by atoms with Crippen molar-refractivity contribution >= 4 is 39.9 Å². The van der Waals surface area contributed by atoms with Crippen molar-refractivity contribution in [2.75, 3.05) is 32.6 Å². The van der Waals surface area contributed by atoms with Crippen LogP contribution in [0.1, 0.15) is 38.6 Å². The number of pyridine rings is 1. The van der Waals surface area contributed by atoms with Gasteiger partial charge < -0.3 is 14.4 Å². The molecule has 0 atom stereocenters. The molecule has 0 radical (unpaired) electrons. The number of carbonyl (C=O) groups is 2. The SMILES string of the molecule is Cc1nc(NC(=O)c2cnc(OC3CCOCC3)c(Cl)c2)sc1C(=O)N(C)C. The molecule has 0 unspecified atom stereocenters. The Balaban J connectivity index is 1.68. The summed E-state index contributed by atoms with van der Waals surface area (Å²) in [6, 6.07) is 1.50. The second-order valence-corrected chi connectivity index (χ2v) is 7.93. The van der Waals surface area contributed by atoms with Gasteiger partial charge >= 0.3 is 0 Å². The van der Waals surface area contributed by atoms with Crippen LogP contribution in [0.25, 0.3) is 0 Å². The minimum atomic E-state index is -0.412. The van der Waals surface area contributed by atoms with Crippen molar-refractivity contribution < 1.29 is 19.1 Å². The summed E-state index contributed by atoms with van der Waals surface area (Å²) in [5.74, 6) is -0.270. The van der Waals surface area contributed by atoms with Crippen molar-refractivity contribution in [3.05, 3.63) is 33.4 Å². The van der Waals surface area contributed by atoms with E-state index in [1.165, 1.54) is 17.2 Å². The highest BCUT2D eigenvalue weighted by Gasteiger charge is 2.20. The molecule has 2 aromatic rings. The van der Waals surface area contributed by atoms with Gasteiger partial charge in [-0.2, -0.15) is 0 Å². The van der Waals surface area contributed by atoms with Gasteiger partial charge in [-0.25, -0.2) is 9.97 Å². The summed E-state index contributed by atoms with van der Waals surface area (Å²) >= 11 is 7.36. The summed E-state index contributed by atoms with van der Waals surface area (Å²) in [5, 5.41) is 3.28. The number of aryl methyl sites for hydroxylation is 1. The fraction of sp³-hybridized carbons (Fsp3) is 0.444. The normalized spacial score (nSPS) is 14.6. The number of aromatic nitrogens is 2. The predicted octanol–water partition coefficient (Wildman–Crippen LogP) is 3.01. The highest BCUT2D eigenvalue weighted by atomic mass is 35.5. The number of anilines is 1. The molecular formula is C18H21ClN4O4S. The van der Waals surface area contributed by atoms with Crippen LogP contribution in [-0.4, -0.2) is 60.1 Å². The lowest BCUT2D eigenvalue weighted by molar-refractivity contribution is 0.0238. The maximum Gasteiger partial charge on any atom is 0.265 e. The van der Waals surface area contributed by atoms with Gasteiger partial charge in [0, 0.05) is 33.1 Å². The molecule has 10 heteroatoms. The molecule has 0 aliphatic carbocycles. The van der Waals surface area contributed by atoms with E-state index in [1.807, 2.05) is 0 Å². The van der Waals surface area contributed by atoms with E-state index in [-0.39, 0.29) is 22.6 Å². The van der Waals surface area contributed by atoms with Crippen LogP contribution in [0, 0.1) is 6.92 Å². The summed E-state index contributed by atoms with van der Waals surface area (Å²) < 4.78 is 11.1. The van der Waals surface area contributed by atoms with Gasteiger partial charge in [-0.1, -0.05) is 22.9 Å². The Morgan fingerprint density at radius 1 is 1.36 bits per heavy atom. The molecule has 1 N–H and O–H groups in total. The number of hydrogen-bond acceptors (Lipinski definition) is 7. The molecule has 2 amide bonds. The molecule has 3 rings (SSSR count). The minimum Gasteiger partial charge on any atom is -0.473 e. The number of ether oxygens (including phenoxy) is 2. The summed E-state index contributed by atoms with van der Waals surface area (Å²) in [6.45, 7) is 3.02. The summed E-state index contributed by atoms with van der Waals surface area (Å²) in [4.78, 5) is 35.0. The first-order valence-corrected chi connectivity index (χ1v) is 9.95. The zero-order chi connectivity index (χ0) is 20.3. The van der Waals surface area contributed by atoms with Crippen LogP contribution in [0.2, 0.25) is 5.02 Å². The first kappa shape index (κ1) is 20.5. The summed E-state index contributed by atoms with van der Waals surface area (Å²) in [6.07, 6.45) is 2.96. The highest BCUT2D eigenvalue weighted by molar-refractivity contribution is 7.17. The first-order chi connectivity index (χ1) is 13.3. The molecule has 8 nitrogen and oxygen atoms in total. The Labute approximate surface area is 171 Å². The molecule has 1 fully saturated rings. The molecule has 2 aromatic heterocycles. The number of carbonyl (C=O) groups excluding carboxylic acids is 2. The van der Waals surface area contributed by atoms with Gasteiger partial charge in [0.2, 0.25) is 5.88 Å². The van der Waals surface area contributed by atoms with Crippen LogP contribution in [0.15, 0.2) is 12.3 Å². The van der Waals surface area contributed by atoms with Gasteiger partial charge in [0.1, 0.15) is 16.0 Å². The molecule has 0 aromatic carbocycles. The van der Waals surface area contributed by atoms with Gasteiger partial charge in [0.25, 0.3) is 11.8 Å². The van der Waals surface area contributed by atoms with Crippen LogP contribution in [0.5, 0.6) is 5.88 Å². The Morgan fingerprint density at radius 2 is 2.07 bits per heavy atom. The van der Waals surface area contributed by atoms with Gasteiger partial charge in [-0.15, -0.1) is 0 Å². The van der Waals surface area contributed by atoms with E-state index in [1.54, 1.807) is 21.0 Å². The monoisotopic (exact) mass is 424 g/mol. The fourth-order valence-corrected chi connectivity index (χ4v) is 3.80. The molecule has 28 heavy (non-hydrogen) atoms. The molecule has 1 saturated heterocycles. The Hall–Kier alpha value is -2.23. The maximum absolute atomic E-state index is 12.5. The number of hydrogen-bond donors (Lipinski definition) is 1. The Bertz CT molecular complexity index is 880. The van der Waals surface area contributed by atoms with E-state index in [0.717, 1.165) is 24.2 Å². The minimum absolute atomic E-state index is 0.00405. The number of nitrogens with zero attached hydrogens (tertiary/aromatic N) is 3. The van der Waals surface area contributed by atoms with E-state index in [2.05, 4.69) is 15.3 Å². The first-order valence-electron chi connectivity index (χ1n) is 8.75. The Morgan fingerprint density at radius 3 is 2.71 bits per heavy atom. The van der Waals surface area contributed by atoms with E-state index in [0.29, 0.717) is 34.8 Å². The third-order valence-electron chi connectivity index (χ3n) is 4.13. The fourth-order valence-electron chi connectivity index (χ4n) is 2.61. The quantitative estimate of drug-likeness (QED) is 0.792. The van der Waals surface area contributed by atoms with E-state index in [9.17, 15) is 9.59 Å². The second-order valence-electron chi connectivity index (χ2n) is 6.53. The van der Waals surface area contributed by atoms with Crippen molar-refractivity contribution in [2.45, 2.75) is 25.9 Å². The lowest BCUT2D eigenvalue weighted by Crippen LogP contribution is -2.26. The number of amides is 2. The van der Waals surface area contributed by atoms with Crippen molar-refractivity contribution in [1.29, 1.82) is 0 Å². The van der Waals surface area contributed by atoms with Crippen LogP contribution in [0.3, 0.4) is 0 Å². The van der Waals surface area contributed by atoms with E-state index in [4.69, 9.17) is 21.1 Å². The molecule has 3 heterocycles. The Kier molecular flexibility index (Phi) is 6.48. The predicted molar refractivity (Wildman–Crippen MR) is 107 cm³/mol. The second kappa shape index (κ2) is 8.85. The van der Waals surface area contributed by atoms with Crippen molar-refractivity contribution in [3.8, 4) is 5.88 Å². The molecule has 1 aliphatic rings. The number of rotatable bonds is 5. The van der Waals surface area contributed by atoms with Gasteiger partial charge in [-0.05, 0) is 13.0 Å². The van der Waals surface area contributed by atoms with Crippen LogP contribution in [-0.2, 0) is 4.74 Å². The van der Waals surface area contributed by atoms with E-state index < -0.39 is 5.91 Å². The van der Waals surface area contributed by atoms with Gasteiger partial charge in [0.15, 0.2) is 5.13 Å². The number of thiazole rings is 1. The standard InChI is InChI=1S/C18H21ClN4O4S/c1-10-14(17(25)23(2)3)28-18(21-10)22-15(24)11-8-13(19)16(20-9-11)27-12-4-6-26-7-5-12/h8-9,12H,4-7H2,1-3H3,(H,21,22,24). The summed E-state index contributed by atoms with van der Waals surface area (Å²) in [5.41, 5.74) is 0.841. The average Bonchev–Trinajstić information content (AvgIpc) is 3.03. The number of halogens is 1. The topological polar surface area (TPSA) is 93.6 Å². The van der Waals surface area contributed by atoms with E-state index >= 15 is 0 Å². The van der Waals surface area contributed by atoms with Gasteiger partial charge in [-0.3, -0.25) is 14.9 Å². The average molecular weight is 425 g/mol. The third-order valence-corrected chi connectivity index (χ3v) is 5.47. The van der Waals surface area contributed by atoms with Crippen LogP contribution < -0.4 is 10.1 Å². The lowest BCUT2D eigenvalue weighted by atomic mass is 10.1. The molecular weight excluding hydrogens is 404 g/mol. The lowest BCUT2D eigenvalue weighted by Gasteiger charge is -2.23.